The van der Waals surface area contributed by atoms with Gasteiger partial charge in [-0.15, -0.1) is 11.3 Å². The topological polar surface area (TPSA) is 149 Å². The molecule has 0 aliphatic carbocycles. The fourth-order valence-corrected chi connectivity index (χ4v) is 6.14. The summed E-state index contributed by atoms with van der Waals surface area (Å²) in [6, 6.07) is 6.29. The Hall–Kier alpha value is -2.49. The highest BCUT2D eigenvalue weighted by atomic mass is 35.5. The number of rotatable bonds is 7. The number of morpholine rings is 1. The molecule has 1 aromatic carbocycles. The first-order chi connectivity index (χ1) is 16.6. The number of thiazole rings is 1. The summed E-state index contributed by atoms with van der Waals surface area (Å²) >= 11 is 7.13. The third-order valence-electron chi connectivity index (χ3n) is 5.08. The van der Waals surface area contributed by atoms with E-state index >= 15 is 0 Å². The van der Waals surface area contributed by atoms with Crippen molar-refractivity contribution in [2.45, 2.75) is 17.0 Å². The van der Waals surface area contributed by atoms with E-state index in [0.717, 1.165) is 17.5 Å². The molecule has 1 N–H and O–H groups in total. The highest BCUT2D eigenvalue weighted by molar-refractivity contribution is 7.91. The number of amides is 1. The first kappa shape index (κ1) is 25.6. The molecule has 3 aromatic rings. The molecule has 186 valence electrons. The largest absolute Gasteiger partial charge is 0.379 e. The molecule has 1 aliphatic rings. The third-order valence-corrected chi connectivity index (χ3v) is 9.54. The van der Waals surface area contributed by atoms with Crippen LogP contribution in [0.4, 0.5) is 5.13 Å². The summed E-state index contributed by atoms with van der Waals surface area (Å²) in [4.78, 5) is 24.7. The van der Waals surface area contributed by atoms with Crippen LogP contribution in [0, 0.1) is 0 Å². The Morgan fingerprint density at radius 3 is 2.49 bits per heavy atom. The highest BCUT2D eigenvalue weighted by Gasteiger charge is 2.26. The van der Waals surface area contributed by atoms with Gasteiger partial charge < -0.3 is 4.74 Å². The molecule has 0 spiro atoms. The number of ether oxygens (including phenoxy) is 1. The van der Waals surface area contributed by atoms with Crippen LogP contribution in [0.5, 0.6) is 0 Å². The standard InChI is InChI=1S/C20H20ClN5O6S3/c1-2-34(28,29)20-22-11-15(21)17(24-20)18(27)25-19-23-16(12-33-19)13-3-5-14(6-4-13)35(30,31)26-7-9-32-10-8-26/h3-6,11-12H,2,7-10H2,1H3,(H,23,25,27). The van der Waals surface area contributed by atoms with Gasteiger partial charge in [-0.05, 0) is 12.1 Å². The lowest BCUT2D eigenvalue weighted by Crippen LogP contribution is -2.40. The van der Waals surface area contributed by atoms with Gasteiger partial charge in [0.25, 0.3) is 5.91 Å². The number of hydrogen-bond acceptors (Lipinski definition) is 10. The summed E-state index contributed by atoms with van der Waals surface area (Å²) in [5.41, 5.74) is 0.880. The predicted molar refractivity (Wildman–Crippen MR) is 130 cm³/mol. The summed E-state index contributed by atoms with van der Waals surface area (Å²) in [5.74, 6) is -0.962. The van der Waals surface area contributed by atoms with Crippen molar-refractivity contribution in [2.24, 2.45) is 0 Å². The number of hydrogen-bond donors (Lipinski definition) is 1. The van der Waals surface area contributed by atoms with E-state index in [-0.39, 0.29) is 26.5 Å². The van der Waals surface area contributed by atoms with Crippen LogP contribution in [-0.4, -0.2) is 74.1 Å². The van der Waals surface area contributed by atoms with Crippen molar-refractivity contribution in [3.63, 3.8) is 0 Å². The summed E-state index contributed by atoms with van der Waals surface area (Å²) in [6.45, 7) is 2.78. The number of carbonyl (C=O) groups excluding carboxylic acids is 1. The van der Waals surface area contributed by atoms with E-state index < -0.39 is 30.9 Å². The van der Waals surface area contributed by atoms with E-state index in [9.17, 15) is 21.6 Å². The predicted octanol–water partition coefficient (Wildman–Crippen LogP) is 2.32. The highest BCUT2D eigenvalue weighted by Crippen LogP contribution is 2.27. The van der Waals surface area contributed by atoms with Crippen LogP contribution in [0.25, 0.3) is 11.3 Å². The number of benzene rings is 1. The first-order valence-corrected chi connectivity index (χ1v) is 14.7. The fraction of sp³-hybridized carbons (Fsp3) is 0.300. The number of carbonyl (C=O) groups is 1. The quantitative estimate of drug-likeness (QED) is 0.432. The van der Waals surface area contributed by atoms with Crippen LogP contribution in [0.1, 0.15) is 17.4 Å². The zero-order valence-corrected chi connectivity index (χ0v) is 21.5. The van der Waals surface area contributed by atoms with Crippen molar-refractivity contribution in [3.05, 3.63) is 46.6 Å². The second-order valence-electron chi connectivity index (χ2n) is 7.29. The molecular weight excluding hydrogens is 538 g/mol. The zero-order valence-electron chi connectivity index (χ0n) is 18.3. The molecule has 3 heterocycles. The van der Waals surface area contributed by atoms with E-state index in [1.54, 1.807) is 17.5 Å². The van der Waals surface area contributed by atoms with Crippen LogP contribution < -0.4 is 5.32 Å². The van der Waals surface area contributed by atoms with Gasteiger partial charge in [-0.2, -0.15) is 4.31 Å². The molecule has 1 fully saturated rings. The van der Waals surface area contributed by atoms with Gasteiger partial charge in [-0.1, -0.05) is 30.7 Å². The average molecular weight is 558 g/mol. The molecule has 2 aromatic heterocycles. The molecule has 0 unspecified atom stereocenters. The number of aromatic nitrogens is 3. The van der Waals surface area contributed by atoms with Crippen molar-refractivity contribution in [3.8, 4) is 11.3 Å². The Bertz CT molecular complexity index is 1450. The third kappa shape index (κ3) is 5.52. The Labute approximate surface area is 211 Å². The molecule has 35 heavy (non-hydrogen) atoms. The van der Waals surface area contributed by atoms with Crippen LogP contribution in [0.3, 0.4) is 0 Å². The molecule has 0 bridgehead atoms. The lowest BCUT2D eigenvalue weighted by atomic mass is 10.2. The van der Waals surface area contributed by atoms with Crippen molar-refractivity contribution in [1.82, 2.24) is 19.3 Å². The first-order valence-electron chi connectivity index (χ1n) is 10.3. The Balaban J connectivity index is 1.50. The molecule has 0 radical (unpaired) electrons. The molecule has 0 atom stereocenters. The smallest absolute Gasteiger partial charge is 0.277 e. The van der Waals surface area contributed by atoms with Crippen molar-refractivity contribution < 1.29 is 26.4 Å². The summed E-state index contributed by atoms with van der Waals surface area (Å²) in [6.07, 6.45) is 1.06. The van der Waals surface area contributed by atoms with Gasteiger partial charge >= 0.3 is 0 Å². The Morgan fingerprint density at radius 1 is 1.14 bits per heavy atom. The minimum absolute atomic E-state index is 0.105. The van der Waals surface area contributed by atoms with E-state index in [1.807, 2.05) is 0 Å². The number of sulfone groups is 1. The van der Waals surface area contributed by atoms with Gasteiger partial charge in [0.15, 0.2) is 10.8 Å². The maximum absolute atomic E-state index is 12.8. The maximum atomic E-state index is 12.8. The normalized spacial score (nSPS) is 15.1. The van der Waals surface area contributed by atoms with Crippen molar-refractivity contribution in [1.29, 1.82) is 0 Å². The fourth-order valence-electron chi connectivity index (χ4n) is 3.14. The van der Waals surface area contributed by atoms with E-state index in [0.29, 0.717) is 37.6 Å². The summed E-state index contributed by atoms with van der Waals surface area (Å²) in [5, 5.41) is 3.88. The second kappa shape index (κ2) is 10.2. The van der Waals surface area contributed by atoms with Crippen LogP contribution in [-0.2, 0) is 24.6 Å². The monoisotopic (exact) mass is 557 g/mol. The molecule has 0 saturated carbocycles. The minimum atomic E-state index is -3.72. The average Bonchev–Trinajstić information content (AvgIpc) is 3.33. The van der Waals surface area contributed by atoms with E-state index in [4.69, 9.17) is 16.3 Å². The number of sulfonamides is 1. The lowest BCUT2D eigenvalue weighted by Gasteiger charge is -2.26. The molecule has 11 nitrogen and oxygen atoms in total. The van der Waals surface area contributed by atoms with E-state index in [2.05, 4.69) is 20.3 Å². The molecule has 1 saturated heterocycles. The number of nitrogens with zero attached hydrogens (tertiary/aromatic N) is 4. The summed E-state index contributed by atoms with van der Waals surface area (Å²) < 4.78 is 56.2. The Morgan fingerprint density at radius 2 is 1.83 bits per heavy atom. The van der Waals surface area contributed by atoms with Gasteiger partial charge in [0.2, 0.25) is 25.0 Å². The van der Waals surface area contributed by atoms with Crippen LogP contribution in [0.15, 0.2) is 45.9 Å². The molecular formula is C20H20ClN5O6S3. The van der Waals surface area contributed by atoms with Gasteiger partial charge in [-0.25, -0.2) is 31.8 Å². The van der Waals surface area contributed by atoms with Gasteiger partial charge in [0.05, 0.1) is 40.8 Å². The van der Waals surface area contributed by atoms with Crippen molar-refractivity contribution in [2.75, 3.05) is 37.4 Å². The number of nitrogens with one attached hydrogen (secondary N) is 1. The number of anilines is 1. The molecule has 4 rings (SSSR count). The Kier molecular flexibility index (Phi) is 7.49. The van der Waals surface area contributed by atoms with Crippen LogP contribution >= 0.6 is 22.9 Å². The molecule has 1 amide bonds. The van der Waals surface area contributed by atoms with Gasteiger partial charge in [0.1, 0.15) is 0 Å². The maximum Gasteiger partial charge on any atom is 0.277 e. The summed E-state index contributed by atoms with van der Waals surface area (Å²) in [7, 11) is -7.33. The number of halogens is 1. The molecule has 15 heteroatoms. The SMILES string of the molecule is CCS(=O)(=O)c1ncc(Cl)c(C(=O)Nc2nc(-c3ccc(S(=O)(=O)N4CCOCC4)cc3)cs2)n1. The van der Waals surface area contributed by atoms with Crippen molar-refractivity contribution >= 4 is 53.8 Å². The van der Waals surface area contributed by atoms with Crippen LogP contribution in [0.2, 0.25) is 5.02 Å². The second-order valence-corrected chi connectivity index (χ2v) is 12.7. The van der Waals surface area contributed by atoms with E-state index in [1.165, 1.54) is 23.4 Å². The molecule has 1 aliphatic heterocycles. The lowest BCUT2D eigenvalue weighted by molar-refractivity contribution is 0.0730. The zero-order chi connectivity index (χ0) is 25.2. The van der Waals surface area contributed by atoms with Gasteiger partial charge in [0, 0.05) is 24.0 Å². The van der Waals surface area contributed by atoms with Gasteiger partial charge in [-0.3, -0.25) is 10.1 Å². The minimum Gasteiger partial charge on any atom is -0.379 e.